The number of hydrogen-bond donors (Lipinski definition) is 0. The number of hydrazine groups is 1. The molecule has 1 saturated heterocycles. The highest BCUT2D eigenvalue weighted by atomic mass is 32.2. The van der Waals surface area contributed by atoms with Crippen LogP contribution in [0.1, 0.15) is 27.1 Å². The third-order valence-corrected chi connectivity index (χ3v) is 6.11. The molecule has 0 saturated carbocycles. The van der Waals surface area contributed by atoms with Crippen molar-refractivity contribution in [1.29, 1.82) is 0 Å². The average Bonchev–Trinajstić information content (AvgIpc) is 3.26. The molecule has 31 heavy (non-hydrogen) atoms. The van der Waals surface area contributed by atoms with Gasteiger partial charge in [-0.1, -0.05) is 12.1 Å². The van der Waals surface area contributed by atoms with Crippen molar-refractivity contribution in [1.82, 2.24) is 10.0 Å². The second kappa shape index (κ2) is 8.84. The van der Waals surface area contributed by atoms with E-state index in [0.29, 0.717) is 18.7 Å². The van der Waals surface area contributed by atoms with E-state index in [0.717, 1.165) is 6.26 Å². The molecule has 0 radical (unpaired) electrons. The third-order valence-electron chi connectivity index (χ3n) is 4.95. The summed E-state index contributed by atoms with van der Waals surface area (Å²) in [6.45, 7) is 0.571. The van der Waals surface area contributed by atoms with Gasteiger partial charge in [-0.2, -0.15) is 0 Å². The Labute approximate surface area is 181 Å². The van der Waals surface area contributed by atoms with E-state index in [9.17, 15) is 18.0 Å². The van der Waals surface area contributed by atoms with Crippen LogP contribution in [0.4, 0.5) is 0 Å². The first-order valence-corrected chi connectivity index (χ1v) is 11.4. The quantitative estimate of drug-likeness (QED) is 0.666. The SMILES string of the molecule is COc1ccc(C(=O)N2CCCN2C(=O)c2ccccc2S(C)(=O)=O)c(OC)c1OC. The fourth-order valence-corrected chi connectivity index (χ4v) is 4.43. The van der Waals surface area contributed by atoms with Gasteiger partial charge in [-0.05, 0) is 30.7 Å². The van der Waals surface area contributed by atoms with E-state index >= 15 is 0 Å². The molecule has 0 spiro atoms. The summed E-state index contributed by atoms with van der Waals surface area (Å²) in [5.74, 6) is -0.197. The molecule has 0 atom stereocenters. The Hall–Kier alpha value is -3.27. The third kappa shape index (κ3) is 4.15. The van der Waals surface area contributed by atoms with E-state index in [-0.39, 0.29) is 34.1 Å². The van der Waals surface area contributed by atoms with Crippen LogP contribution >= 0.6 is 0 Å². The van der Waals surface area contributed by atoms with Crippen molar-refractivity contribution >= 4 is 21.7 Å². The number of carbonyl (C=O) groups is 2. The Kier molecular flexibility index (Phi) is 6.40. The summed E-state index contributed by atoms with van der Waals surface area (Å²) in [7, 11) is 0.683. The Morgan fingerprint density at radius 1 is 0.806 bits per heavy atom. The summed E-state index contributed by atoms with van der Waals surface area (Å²) >= 11 is 0. The molecule has 9 nitrogen and oxygen atoms in total. The summed E-state index contributed by atoms with van der Waals surface area (Å²) in [5, 5.41) is 2.56. The Morgan fingerprint density at radius 2 is 1.39 bits per heavy atom. The van der Waals surface area contributed by atoms with Crippen molar-refractivity contribution in [2.45, 2.75) is 11.3 Å². The van der Waals surface area contributed by atoms with E-state index in [2.05, 4.69) is 0 Å². The highest BCUT2D eigenvalue weighted by Crippen LogP contribution is 2.40. The van der Waals surface area contributed by atoms with E-state index in [1.165, 1.54) is 49.5 Å². The number of carbonyl (C=O) groups excluding carboxylic acids is 2. The number of hydrogen-bond acceptors (Lipinski definition) is 7. The normalized spacial score (nSPS) is 13.8. The lowest BCUT2D eigenvalue weighted by atomic mass is 10.1. The zero-order valence-corrected chi connectivity index (χ0v) is 18.6. The summed E-state index contributed by atoms with van der Waals surface area (Å²) in [6.07, 6.45) is 1.59. The topological polar surface area (TPSA) is 102 Å². The van der Waals surface area contributed by atoms with Crippen LogP contribution in [0.2, 0.25) is 0 Å². The number of methoxy groups -OCH3 is 3. The fourth-order valence-electron chi connectivity index (χ4n) is 3.55. The van der Waals surface area contributed by atoms with Crippen molar-refractivity contribution in [3.05, 3.63) is 47.5 Å². The predicted molar refractivity (Wildman–Crippen MR) is 112 cm³/mol. The lowest BCUT2D eigenvalue weighted by Crippen LogP contribution is -2.45. The van der Waals surface area contributed by atoms with Gasteiger partial charge < -0.3 is 14.2 Å². The van der Waals surface area contributed by atoms with Gasteiger partial charge in [0.15, 0.2) is 21.3 Å². The molecule has 2 aromatic rings. The van der Waals surface area contributed by atoms with Crippen molar-refractivity contribution in [3.8, 4) is 17.2 Å². The first-order valence-electron chi connectivity index (χ1n) is 9.46. The van der Waals surface area contributed by atoms with Gasteiger partial charge in [0.1, 0.15) is 0 Å². The van der Waals surface area contributed by atoms with Crippen LogP contribution < -0.4 is 14.2 Å². The lowest BCUT2D eigenvalue weighted by Gasteiger charge is -2.29. The van der Waals surface area contributed by atoms with Gasteiger partial charge in [0.2, 0.25) is 5.75 Å². The number of nitrogens with zero attached hydrogens (tertiary/aromatic N) is 2. The summed E-state index contributed by atoms with van der Waals surface area (Å²) in [4.78, 5) is 26.5. The molecular formula is C21H24N2O7S. The largest absolute Gasteiger partial charge is 0.493 e. The maximum absolute atomic E-state index is 13.4. The molecule has 2 aromatic carbocycles. The molecule has 166 valence electrons. The highest BCUT2D eigenvalue weighted by molar-refractivity contribution is 7.90. The second-order valence-electron chi connectivity index (χ2n) is 6.86. The van der Waals surface area contributed by atoms with Crippen molar-refractivity contribution in [2.24, 2.45) is 0 Å². The molecule has 0 N–H and O–H groups in total. The van der Waals surface area contributed by atoms with Crippen LogP contribution in [0, 0.1) is 0 Å². The monoisotopic (exact) mass is 448 g/mol. The minimum absolute atomic E-state index is 0.0176. The van der Waals surface area contributed by atoms with Crippen molar-refractivity contribution in [2.75, 3.05) is 40.7 Å². The fraction of sp³-hybridized carbons (Fsp3) is 0.333. The van der Waals surface area contributed by atoms with E-state index < -0.39 is 21.7 Å². The highest BCUT2D eigenvalue weighted by Gasteiger charge is 2.35. The minimum atomic E-state index is -3.63. The Balaban J connectivity index is 2.00. The zero-order chi connectivity index (χ0) is 22.8. The van der Waals surface area contributed by atoms with E-state index in [1.54, 1.807) is 18.2 Å². The molecule has 3 rings (SSSR count). The number of sulfone groups is 1. The smallest absolute Gasteiger partial charge is 0.276 e. The van der Waals surface area contributed by atoms with Crippen LogP contribution in [0.25, 0.3) is 0 Å². The average molecular weight is 448 g/mol. The molecule has 1 fully saturated rings. The van der Waals surface area contributed by atoms with Gasteiger partial charge in [0, 0.05) is 19.3 Å². The number of rotatable bonds is 6. The molecular weight excluding hydrogens is 424 g/mol. The first kappa shape index (κ1) is 22.4. The molecule has 0 aromatic heterocycles. The van der Waals surface area contributed by atoms with Crippen molar-refractivity contribution < 1.29 is 32.2 Å². The van der Waals surface area contributed by atoms with Crippen molar-refractivity contribution in [3.63, 3.8) is 0 Å². The first-order chi connectivity index (χ1) is 14.7. The second-order valence-corrected chi connectivity index (χ2v) is 8.84. The standard InChI is InChI=1S/C21H24N2O7S/c1-28-16-11-10-15(18(29-2)19(16)30-3)21(25)23-13-7-12-22(23)20(24)14-8-5-6-9-17(14)31(4,26)27/h5-6,8-11H,7,12-13H2,1-4H3. The maximum atomic E-state index is 13.4. The van der Waals surface area contributed by atoms with Gasteiger partial charge in [-0.25, -0.2) is 18.4 Å². The van der Waals surface area contributed by atoms with Gasteiger partial charge >= 0.3 is 0 Å². The van der Waals surface area contributed by atoms with Gasteiger partial charge in [-0.3, -0.25) is 9.59 Å². The maximum Gasteiger partial charge on any atom is 0.276 e. The summed E-state index contributed by atoms with van der Waals surface area (Å²) < 4.78 is 40.3. The van der Waals surface area contributed by atoms with Crippen LogP contribution in [0.5, 0.6) is 17.2 Å². The van der Waals surface area contributed by atoms with Gasteiger partial charge in [0.05, 0.1) is 37.4 Å². The Morgan fingerprint density at radius 3 is 1.94 bits per heavy atom. The van der Waals surface area contributed by atoms with Crippen LogP contribution in [0.15, 0.2) is 41.3 Å². The number of amides is 2. The lowest BCUT2D eigenvalue weighted by molar-refractivity contribution is 0.0181. The summed E-state index contributed by atoms with van der Waals surface area (Å²) in [6, 6.07) is 9.07. The van der Waals surface area contributed by atoms with E-state index in [4.69, 9.17) is 14.2 Å². The molecule has 0 bridgehead atoms. The molecule has 1 aliphatic rings. The molecule has 0 aliphatic carbocycles. The van der Waals surface area contributed by atoms with Crippen LogP contribution in [0.3, 0.4) is 0 Å². The van der Waals surface area contributed by atoms with Crippen LogP contribution in [-0.4, -0.2) is 70.9 Å². The molecule has 2 amide bonds. The van der Waals surface area contributed by atoms with Gasteiger partial charge in [-0.15, -0.1) is 0 Å². The zero-order valence-electron chi connectivity index (χ0n) is 17.7. The molecule has 0 unspecified atom stereocenters. The number of benzene rings is 2. The minimum Gasteiger partial charge on any atom is -0.493 e. The molecule has 1 aliphatic heterocycles. The Bertz CT molecular complexity index is 1110. The number of ether oxygens (including phenoxy) is 3. The predicted octanol–water partition coefficient (Wildman–Crippen LogP) is 2.02. The summed E-state index contributed by atoms with van der Waals surface area (Å²) in [5.41, 5.74) is 0.209. The molecule has 10 heteroatoms. The van der Waals surface area contributed by atoms with Gasteiger partial charge in [0.25, 0.3) is 11.8 Å². The van der Waals surface area contributed by atoms with E-state index in [1.807, 2.05) is 0 Å². The van der Waals surface area contributed by atoms with Crippen LogP contribution in [-0.2, 0) is 9.84 Å². The molecule has 1 heterocycles.